The first kappa shape index (κ1) is 50.7. The first-order valence-corrected chi connectivity index (χ1v) is 24.1. The number of hydrogen-bond acceptors (Lipinski definition) is 11. The van der Waals surface area contributed by atoms with E-state index in [0.29, 0.717) is 64.2 Å². The number of benzene rings is 1. The molecule has 6 heterocycles. The third-order valence-corrected chi connectivity index (χ3v) is 13.6. The quantitative estimate of drug-likeness (QED) is 0.164. The zero-order chi connectivity index (χ0) is 49.8. The average Bonchev–Trinajstić information content (AvgIpc) is 3.87. The van der Waals surface area contributed by atoms with Gasteiger partial charge in [-0.1, -0.05) is 39.7 Å². The van der Waals surface area contributed by atoms with Crippen molar-refractivity contribution in [3.63, 3.8) is 0 Å². The van der Waals surface area contributed by atoms with Crippen molar-refractivity contribution in [3.8, 4) is 34.2 Å². The van der Waals surface area contributed by atoms with Gasteiger partial charge >= 0.3 is 5.97 Å². The fourth-order valence-electron chi connectivity index (χ4n) is 10.1. The summed E-state index contributed by atoms with van der Waals surface area (Å²) in [6.07, 6.45) is 7.39. The van der Waals surface area contributed by atoms with Crippen LogP contribution in [0.5, 0.6) is 0 Å². The summed E-state index contributed by atoms with van der Waals surface area (Å²) in [6, 6.07) is 9.42. The first-order valence-electron chi connectivity index (χ1n) is 24.1. The molecule has 0 radical (unpaired) electrons. The SMILES string of the molecule is CCn1c(-c2cnccc2COC)c2c3cc(ccc31)-c1ccnc(c1)C[C@H](NC(=O)[C@H](C(C)C)N(C)C(=O)[C@]1(C)CCN(C(=O)C#CCN(C)C)C1)C(=O)N1CCC[C@H](N1)C(=O)OCC(C)(C)C2. The topological polar surface area (TPSA) is 172 Å². The number of hydrogen-bond donors (Lipinski definition) is 2. The number of hydrazine groups is 1. The monoisotopic (exact) mass is 944 g/mol. The molecule has 1 aromatic carbocycles. The fraction of sp³-hybridized carbons (Fsp3) is 0.528. The number of methoxy groups -OCH3 is 1. The van der Waals surface area contributed by atoms with Gasteiger partial charge in [0.15, 0.2) is 0 Å². The highest BCUT2D eigenvalue weighted by molar-refractivity contribution is 5.97. The molecule has 0 saturated carbocycles. The molecule has 368 valence electrons. The van der Waals surface area contributed by atoms with E-state index < -0.39 is 46.7 Å². The smallest absolute Gasteiger partial charge is 0.324 e. The number of carbonyl (C=O) groups excluding carboxylic acids is 5. The zero-order valence-electron chi connectivity index (χ0n) is 42.0. The van der Waals surface area contributed by atoms with Crippen LogP contribution in [0, 0.1) is 28.6 Å². The highest BCUT2D eigenvalue weighted by Crippen LogP contribution is 2.41. The largest absolute Gasteiger partial charge is 0.464 e. The molecule has 4 atom stereocenters. The Morgan fingerprint density at radius 3 is 2.54 bits per heavy atom. The van der Waals surface area contributed by atoms with Gasteiger partial charge in [-0.2, -0.15) is 0 Å². The number of nitrogens with one attached hydrogen (secondary N) is 2. The van der Waals surface area contributed by atoms with E-state index in [9.17, 15) is 24.0 Å². The number of aromatic nitrogens is 3. The van der Waals surface area contributed by atoms with Gasteiger partial charge in [0.1, 0.15) is 18.1 Å². The second-order valence-electron chi connectivity index (χ2n) is 20.5. The molecule has 16 heteroatoms. The third-order valence-electron chi connectivity index (χ3n) is 13.6. The Kier molecular flexibility index (Phi) is 15.6. The Morgan fingerprint density at radius 1 is 1.04 bits per heavy atom. The molecular weight excluding hydrogens is 875 g/mol. The highest BCUT2D eigenvalue weighted by Gasteiger charge is 2.46. The number of likely N-dealkylation sites (tertiary alicyclic amines) is 1. The Morgan fingerprint density at radius 2 is 1.81 bits per heavy atom. The molecular formula is C53H69N9O7. The number of amides is 4. The number of nitrogens with zero attached hydrogens (tertiary/aromatic N) is 7. The Labute approximate surface area is 406 Å². The highest BCUT2D eigenvalue weighted by atomic mass is 16.5. The molecule has 0 unspecified atom stereocenters. The average molecular weight is 944 g/mol. The van der Waals surface area contributed by atoms with E-state index in [4.69, 9.17) is 14.5 Å². The number of cyclic esters (lactones) is 1. The summed E-state index contributed by atoms with van der Waals surface area (Å²) in [7, 11) is 7.03. The Bertz CT molecular complexity index is 2650. The van der Waals surface area contributed by atoms with Crippen LogP contribution in [-0.4, -0.2) is 143 Å². The van der Waals surface area contributed by atoms with Crippen molar-refractivity contribution in [2.75, 3.05) is 61.0 Å². The van der Waals surface area contributed by atoms with Crippen LogP contribution >= 0.6 is 0 Å². The van der Waals surface area contributed by atoms with Crippen molar-refractivity contribution in [1.29, 1.82) is 0 Å². The summed E-state index contributed by atoms with van der Waals surface area (Å²) >= 11 is 0. The summed E-state index contributed by atoms with van der Waals surface area (Å²) in [5.41, 5.74) is 9.25. The van der Waals surface area contributed by atoms with Crippen LogP contribution in [-0.2, 0) is 59.4 Å². The van der Waals surface area contributed by atoms with Crippen LogP contribution in [0.4, 0.5) is 0 Å². The Balaban J connectivity index is 1.24. The summed E-state index contributed by atoms with van der Waals surface area (Å²) in [5.74, 6) is 3.18. The molecule has 2 saturated heterocycles. The summed E-state index contributed by atoms with van der Waals surface area (Å²) in [4.78, 5) is 85.0. The van der Waals surface area contributed by atoms with Crippen molar-refractivity contribution < 1.29 is 33.4 Å². The van der Waals surface area contributed by atoms with Gasteiger partial charge < -0.3 is 29.2 Å². The lowest BCUT2D eigenvalue weighted by atomic mass is 9.84. The molecule has 6 bridgehead atoms. The van der Waals surface area contributed by atoms with Gasteiger partial charge in [0.05, 0.1) is 30.9 Å². The molecule has 69 heavy (non-hydrogen) atoms. The normalized spacial score (nSPS) is 21.1. The number of rotatable bonds is 10. The lowest BCUT2D eigenvalue weighted by Crippen LogP contribution is -2.62. The van der Waals surface area contributed by atoms with Crippen molar-refractivity contribution >= 4 is 40.5 Å². The van der Waals surface area contributed by atoms with Crippen molar-refractivity contribution in [1.82, 2.24) is 45.0 Å². The van der Waals surface area contributed by atoms with Gasteiger partial charge in [-0.25, -0.2) is 5.43 Å². The molecule has 2 N–H and O–H groups in total. The van der Waals surface area contributed by atoms with Crippen molar-refractivity contribution in [2.24, 2.45) is 16.7 Å². The van der Waals surface area contributed by atoms with Gasteiger partial charge in [0.2, 0.25) is 11.8 Å². The van der Waals surface area contributed by atoms with E-state index in [0.717, 1.165) is 44.4 Å². The number of carbonyl (C=O) groups is 5. The van der Waals surface area contributed by atoms with Crippen LogP contribution in [0.15, 0.2) is 55.0 Å². The lowest BCUT2D eigenvalue weighted by Gasteiger charge is -2.38. The first-order chi connectivity index (χ1) is 32.8. The van der Waals surface area contributed by atoms with Gasteiger partial charge in [0, 0.05) is 92.9 Å². The van der Waals surface area contributed by atoms with Gasteiger partial charge in [-0.15, -0.1) is 0 Å². The molecule has 4 aromatic rings. The number of esters is 1. The van der Waals surface area contributed by atoms with Crippen LogP contribution < -0.4 is 10.7 Å². The van der Waals surface area contributed by atoms with E-state index in [1.807, 2.05) is 64.2 Å². The maximum absolute atomic E-state index is 14.8. The van der Waals surface area contributed by atoms with Crippen molar-refractivity contribution in [3.05, 3.63) is 71.8 Å². The molecule has 3 aliphatic heterocycles. The molecule has 3 aromatic heterocycles. The standard InChI is InChI=1S/C53H69N9O7/c1-11-61-44-17-16-35-27-39(44)40(47(61)41-30-54-21-18-37(41)31-68-10)29-52(4,5)33-69-50(66)42-14-12-24-62(57-42)49(65)43(28-38-26-36(35)19-22-55-38)56-48(64)46(34(2)3)59(9)51(67)53(6)20-25-60(32-53)45(63)15-13-23-58(7)8/h16-19,21-22,26-27,30,34,42-43,46,57H,11-12,14,20,23-25,28-29,31-33H2,1-10H3,(H,56,64)/t42-,43-,46-,53+/m0/s1. The second-order valence-corrected chi connectivity index (χ2v) is 20.5. The fourth-order valence-corrected chi connectivity index (χ4v) is 10.1. The van der Waals surface area contributed by atoms with Crippen LogP contribution in [0.1, 0.15) is 77.6 Å². The molecule has 3 aliphatic rings. The molecule has 2 fully saturated rings. The number of fused-ring (bicyclic) bond motifs is 6. The van der Waals surface area contributed by atoms with E-state index in [-0.39, 0.29) is 37.3 Å². The predicted octanol–water partition coefficient (Wildman–Crippen LogP) is 4.87. The van der Waals surface area contributed by atoms with Gasteiger partial charge in [-0.05, 0) is 118 Å². The lowest BCUT2D eigenvalue weighted by molar-refractivity contribution is -0.155. The minimum atomic E-state index is -1.13. The van der Waals surface area contributed by atoms with Gasteiger partial charge in [0.25, 0.3) is 11.8 Å². The van der Waals surface area contributed by atoms with E-state index in [1.165, 1.54) is 9.91 Å². The van der Waals surface area contributed by atoms with Crippen LogP contribution in [0.25, 0.3) is 33.3 Å². The summed E-state index contributed by atoms with van der Waals surface area (Å²) in [5, 5.41) is 5.51. The third kappa shape index (κ3) is 11.2. The van der Waals surface area contributed by atoms with Crippen LogP contribution in [0.2, 0.25) is 0 Å². The van der Waals surface area contributed by atoms with E-state index >= 15 is 0 Å². The second kappa shape index (κ2) is 21.2. The van der Waals surface area contributed by atoms with Crippen molar-refractivity contribution in [2.45, 2.75) is 105 Å². The van der Waals surface area contributed by atoms with E-state index in [1.54, 1.807) is 31.5 Å². The molecule has 0 aliphatic carbocycles. The minimum Gasteiger partial charge on any atom is -0.464 e. The predicted molar refractivity (Wildman–Crippen MR) is 264 cm³/mol. The maximum Gasteiger partial charge on any atom is 0.324 e. The molecule has 7 rings (SSSR count). The number of pyridine rings is 2. The number of ether oxygens (including phenoxy) is 2. The molecule has 4 amide bonds. The van der Waals surface area contributed by atoms with Gasteiger partial charge in [-0.3, -0.25) is 43.8 Å². The maximum atomic E-state index is 14.8. The summed E-state index contributed by atoms with van der Waals surface area (Å²) < 4.78 is 14.1. The Hall–Kier alpha value is -6.15. The van der Waals surface area contributed by atoms with Crippen LogP contribution in [0.3, 0.4) is 0 Å². The zero-order valence-corrected chi connectivity index (χ0v) is 42.0. The summed E-state index contributed by atoms with van der Waals surface area (Å²) in [6.45, 7) is 14.3. The number of likely N-dealkylation sites (N-methyl/N-ethyl adjacent to an activating group) is 1. The van der Waals surface area contributed by atoms with E-state index in [2.05, 4.69) is 71.1 Å². The number of aryl methyl sites for hydroxylation is 1. The molecule has 16 nitrogen and oxygen atoms in total. The minimum absolute atomic E-state index is 0.0269. The molecule has 0 spiro atoms.